The molecule has 1 aliphatic carbocycles. The Balaban J connectivity index is 2.01. The standard InChI is InChI=1S/C20H26N2O3/c1-20(2,3)25-19(24)22(11-12-23)18-9-7-16(8-10-18)17-6-4-5-15(13-17)14-21/h4-6,12-13,16,18H,7-11H2,1-3H3/t16-,18-. The number of hydrogen-bond acceptors (Lipinski definition) is 4. The van der Waals surface area contributed by atoms with Gasteiger partial charge in [0.15, 0.2) is 0 Å². The molecule has 2 rings (SSSR count). The molecule has 1 saturated carbocycles. The molecule has 1 aliphatic rings. The van der Waals surface area contributed by atoms with Gasteiger partial charge in [-0.25, -0.2) is 4.79 Å². The number of carbonyl (C=O) groups is 2. The predicted octanol–water partition coefficient (Wildman–Crippen LogP) is 4.02. The van der Waals surface area contributed by atoms with Gasteiger partial charge in [-0.1, -0.05) is 12.1 Å². The van der Waals surface area contributed by atoms with Crippen molar-refractivity contribution in [3.8, 4) is 6.07 Å². The maximum Gasteiger partial charge on any atom is 0.410 e. The Morgan fingerprint density at radius 3 is 2.56 bits per heavy atom. The molecule has 0 spiro atoms. The number of carbonyl (C=O) groups excluding carboxylic acids is 2. The minimum Gasteiger partial charge on any atom is -0.444 e. The molecule has 25 heavy (non-hydrogen) atoms. The first-order valence-electron chi connectivity index (χ1n) is 8.77. The van der Waals surface area contributed by atoms with Crippen molar-refractivity contribution >= 4 is 12.4 Å². The van der Waals surface area contributed by atoms with E-state index in [0.29, 0.717) is 11.5 Å². The predicted molar refractivity (Wildman–Crippen MR) is 95.2 cm³/mol. The first kappa shape index (κ1) is 19.0. The number of rotatable bonds is 4. The normalized spacial score (nSPS) is 20.4. The van der Waals surface area contributed by atoms with Crippen LogP contribution < -0.4 is 0 Å². The lowest BCUT2D eigenvalue weighted by Crippen LogP contribution is -2.45. The fourth-order valence-corrected chi connectivity index (χ4v) is 3.36. The van der Waals surface area contributed by atoms with Crippen molar-refractivity contribution in [2.75, 3.05) is 6.54 Å². The molecular weight excluding hydrogens is 316 g/mol. The van der Waals surface area contributed by atoms with Crippen LogP contribution >= 0.6 is 0 Å². The molecule has 5 nitrogen and oxygen atoms in total. The molecule has 0 saturated heterocycles. The van der Waals surface area contributed by atoms with Gasteiger partial charge in [-0.2, -0.15) is 5.26 Å². The lowest BCUT2D eigenvalue weighted by molar-refractivity contribution is -0.109. The van der Waals surface area contributed by atoms with Crippen LogP contribution in [-0.4, -0.2) is 35.5 Å². The fraction of sp³-hybridized carbons (Fsp3) is 0.550. The van der Waals surface area contributed by atoms with Gasteiger partial charge in [0.1, 0.15) is 11.9 Å². The van der Waals surface area contributed by atoms with E-state index in [1.807, 2.05) is 39.0 Å². The molecule has 1 aromatic carbocycles. The summed E-state index contributed by atoms with van der Waals surface area (Å²) in [6.07, 6.45) is 3.85. The van der Waals surface area contributed by atoms with Crippen molar-refractivity contribution < 1.29 is 14.3 Å². The molecule has 0 aliphatic heterocycles. The summed E-state index contributed by atoms with van der Waals surface area (Å²) in [4.78, 5) is 25.0. The van der Waals surface area contributed by atoms with E-state index in [0.717, 1.165) is 32.0 Å². The second-order valence-electron chi connectivity index (χ2n) is 7.54. The van der Waals surface area contributed by atoms with E-state index in [1.54, 1.807) is 4.90 Å². The maximum atomic E-state index is 12.4. The summed E-state index contributed by atoms with van der Waals surface area (Å²) in [7, 11) is 0. The molecule has 0 atom stereocenters. The topological polar surface area (TPSA) is 70.4 Å². The number of ether oxygens (including phenoxy) is 1. The van der Waals surface area contributed by atoms with Crippen molar-refractivity contribution in [1.82, 2.24) is 4.90 Å². The molecule has 0 unspecified atom stereocenters. The summed E-state index contributed by atoms with van der Waals surface area (Å²) in [6, 6.07) is 9.93. The largest absolute Gasteiger partial charge is 0.444 e. The first-order valence-corrected chi connectivity index (χ1v) is 8.77. The van der Waals surface area contributed by atoms with Crippen LogP contribution in [-0.2, 0) is 9.53 Å². The number of aldehydes is 1. The number of hydrogen-bond donors (Lipinski definition) is 0. The van der Waals surface area contributed by atoms with Crippen LogP contribution in [0, 0.1) is 11.3 Å². The molecule has 134 valence electrons. The monoisotopic (exact) mass is 342 g/mol. The van der Waals surface area contributed by atoms with Gasteiger partial charge in [-0.15, -0.1) is 0 Å². The third-order valence-corrected chi connectivity index (χ3v) is 4.52. The second-order valence-corrected chi connectivity index (χ2v) is 7.54. The zero-order valence-corrected chi connectivity index (χ0v) is 15.2. The molecule has 5 heteroatoms. The van der Waals surface area contributed by atoms with E-state index >= 15 is 0 Å². The van der Waals surface area contributed by atoms with E-state index in [9.17, 15) is 9.59 Å². The van der Waals surface area contributed by atoms with Crippen LogP contribution in [0.5, 0.6) is 0 Å². The summed E-state index contributed by atoms with van der Waals surface area (Å²) in [5.41, 5.74) is 1.28. The van der Waals surface area contributed by atoms with Crippen molar-refractivity contribution in [3.05, 3.63) is 35.4 Å². The van der Waals surface area contributed by atoms with E-state index in [2.05, 4.69) is 12.1 Å². The Labute approximate surface area is 149 Å². The van der Waals surface area contributed by atoms with Crippen LogP contribution in [0.15, 0.2) is 24.3 Å². The molecule has 0 heterocycles. The Bertz CT molecular complexity index is 650. The molecule has 0 N–H and O–H groups in total. The van der Waals surface area contributed by atoms with Gasteiger partial charge < -0.3 is 9.53 Å². The summed E-state index contributed by atoms with van der Waals surface area (Å²) in [5, 5.41) is 9.05. The molecule has 0 aromatic heterocycles. The van der Waals surface area contributed by atoms with Gasteiger partial charge in [0.2, 0.25) is 0 Å². The van der Waals surface area contributed by atoms with Crippen LogP contribution in [0.4, 0.5) is 4.79 Å². The molecular formula is C20H26N2O3. The lowest BCUT2D eigenvalue weighted by atomic mass is 9.81. The van der Waals surface area contributed by atoms with Crippen molar-refractivity contribution in [3.63, 3.8) is 0 Å². The Morgan fingerprint density at radius 2 is 2.00 bits per heavy atom. The highest BCUT2D eigenvalue weighted by molar-refractivity contribution is 5.72. The summed E-state index contributed by atoms with van der Waals surface area (Å²) < 4.78 is 5.44. The first-order chi connectivity index (χ1) is 11.8. The Morgan fingerprint density at radius 1 is 1.32 bits per heavy atom. The fourth-order valence-electron chi connectivity index (χ4n) is 3.36. The van der Waals surface area contributed by atoms with E-state index < -0.39 is 11.7 Å². The number of amides is 1. The van der Waals surface area contributed by atoms with Gasteiger partial charge in [-0.05, 0) is 70.1 Å². The zero-order valence-electron chi connectivity index (χ0n) is 15.2. The molecule has 1 fully saturated rings. The van der Waals surface area contributed by atoms with Crippen LogP contribution in [0.2, 0.25) is 0 Å². The second kappa shape index (κ2) is 8.15. The van der Waals surface area contributed by atoms with Gasteiger partial charge in [-0.3, -0.25) is 4.90 Å². The van der Waals surface area contributed by atoms with E-state index in [-0.39, 0.29) is 12.6 Å². The lowest BCUT2D eigenvalue weighted by Gasteiger charge is -2.37. The van der Waals surface area contributed by atoms with E-state index in [1.165, 1.54) is 5.56 Å². The highest BCUT2D eigenvalue weighted by Gasteiger charge is 2.31. The summed E-state index contributed by atoms with van der Waals surface area (Å²) in [6.45, 7) is 5.53. The molecule has 1 aromatic rings. The van der Waals surface area contributed by atoms with Crippen LogP contribution in [0.25, 0.3) is 0 Å². The molecule has 0 bridgehead atoms. The third-order valence-electron chi connectivity index (χ3n) is 4.52. The number of nitriles is 1. The molecule has 0 radical (unpaired) electrons. The van der Waals surface area contributed by atoms with Crippen molar-refractivity contribution in [1.29, 1.82) is 5.26 Å². The molecule has 1 amide bonds. The zero-order chi connectivity index (χ0) is 18.4. The minimum absolute atomic E-state index is 0.0236. The smallest absolute Gasteiger partial charge is 0.410 e. The summed E-state index contributed by atoms with van der Waals surface area (Å²) >= 11 is 0. The summed E-state index contributed by atoms with van der Waals surface area (Å²) in [5.74, 6) is 0.390. The van der Waals surface area contributed by atoms with Crippen LogP contribution in [0.3, 0.4) is 0 Å². The van der Waals surface area contributed by atoms with Crippen molar-refractivity contribution in [2.24, 2.45) is 0 Å². The number of benzene rings is 1. The average Bonchev–Trinajstić information content (AvgIpc) is 2.58. The average molecular weight is 342 g/mol. The van der Waals surface area contributed by atoms with Gasteiger partial charge in [0.05, 0.1) is 18.2 Å². The van der Waals surface area contributed by atoms with Gasteiger partial charge >= 0.3 is 6.09 Å². The Hall–Kier alpha value is -2.35. The third kappa shape index (κ3) is 5.32. The quantitative estimate of drug-likeness (QED) is 0.775. The SMILES string of the molecule is CC(C)(C)OC(=O)N(CC=O)[C@H]1CC[C@H](c2cccc(C#N)c2)CC1. The van der Waals surface area contributed by atoms with Crippen molar-refractivity contribution in [2.45, 2.75) is 64.0 Å². The maximum absolute atomic E-state index is 12.4. The van der Waals surface area contributed by atoms with Gasteiger partial charge in [0, 0.05) is 6.04 Å². The van der Waals surface area contributed by atoms with E-state index in [4.69, 9.17) is 10.00 Å². The number of nitrogens with zero attached hydrogens (tertiary/aromatic N) is 2. The Kier molecular flexibility index (Phi) is 6.19. The van der Waals surface area contributed by atoms with Crippen LogP contribution in [0.1, 0.15) is 63.5 Å². The highest BCUT2D eigenvalue weighted by atomic mass is 16.6. The van der Waals surface area contributed by atoms with Gasteiger partial charge in [0.25, 0.3) is 0 Å². The highest BCUT2D eigenvalue weighted by Crippen LogP contribution is 2.35. The minimum atomic E-state index is -0.576.